The standard InChI is InChI=1S/C12H10BrFN2O/c13-9-2-1-5-16-11(9)15-10-4-3-7(14)6-8(10)12(16)17/h3-4,6,9H,1-2,5H2. The van der Waals surface area contributed by atoms with Crippen molar-refractivity contribution in [1.29, 1.82) is 0 Å². The van der Waals surface area contributed by atoms with Crippen molar-refractivity contribution < 1.29 is 4.39 Å². The lowest BCUT2D eigenvalue weighted by Gasteiger charge is -2.22. The molecular formula is C12H10BrFN2O. The molecule has 1 aliphatic heterocycles. The number of fused-ring (bicyclic) bond motifs is 2. The van der Waals surface area contributed by atoms with Crippen LogP contribution in [0.2, 0.25) is 0 Å². The summed E-state index contributed by atoms with van der Waals surface area (Å²) >= 11 is 3.53. The molecule has 1 aromatic carbocycles. The normalized spacial score (nSPS) is 19.3. The van der Waals surface area contributed by atoms with Crippen LogP contribution in [0.4, 0.5) is 4.39 Å². The van der Waals surface area contributed by atoms with Gasteiger partial charge in [0.2, 0.25) is 0 Å². The number of benzene rings is 1. The molecule has 0 spiro atoms. The summed E-state index contributed by atoms with van der Waals surface area (Å²) in [5.74, 6) is 0.350. The number of aromatic nitrogens is 2. The molecule has 0 saturated carbocycles. The summed E-state index contributed by atoms with van der Waals surface area (Å²) in [6, 6.07) is 4.15. The predicted molar refractivity (Wildman–Crippen MR) is 66.9 cm³/mol. The number of alkyl halides is 1. The van der Waals surface area contributed by atoms with Crippen LogP contribution in [0.1, 0.15) is 23.5 Å². The second-order valence-electron chi connectivity index (χ2n) is 4.20. The van der Waals surface area contributed by atoms with Gasteiger partial charge in [0.05, 0.1) is 15.7 Å². The fourth-order valence-electron chi connectivity index (χ4n) is 2.22. The fraction of sp³-hybridized carbons (Fsp3) is 0.333. The molecule has 2 aromatic rings. The quantitative estimate of drug-likeness (QED) is 0.701. The first-order valence-corrected chi connectivity index (χ1v) is 6.42. The second kappa shape index (κ2) is 3.91. The van der Waals surface area contributed by atoms with Gasteiger partial charge in [0.15, 0.2) is 0 Å². The maximum absolute atomic E-state index is 13.1. The van der Waals surface area contributed by atoms with E-state index in [0.29, 0.717) is 17.4 Å². The monoisotopic (exact) mass is 296 g/mol. The van der Waals surface area contributed by atoms with Crippen molar-refractivity contribution in [2.24, 2.45) is 0 Å². The lowest BCUT2D eigenvalue weighted by molar-refractivity contribution is 0.498. The summed E-state index contributed by atoms with van der Waals surface area (Å²) < 4.78 is 14.8. The van der Waals surface area contributed by atoms with E-state index in [1.165, 1.54) is 12.1 Å². The molecule has 88 valence electrons. The van der Waals surface area contributed by atoms with E-state index in [0.717, 1.165) is 18.7 Å². The van der Waals surface area contributed by atoms with Crippen LogP contribution < -0.4 is 5.56 Å². The molecule has 3 rings (SSSR count). The average molecular weight is 297 g/mol. The molecule has 0 aliphatic carbocycles. The Morgan fingerprint density at radius 3 is 3.12 bits per heavy atom. The lowest BCUT2D eigenvalue weighted by atomic mass is 10.1. The van der Waals surface area contributed by atoms with Crippen molar-refractivity contribution >= 4 is 26.8 Å². The van der Waals surface area contributed by atoms with Crippen molar-refractivity contribution in [1.82, 2.24) is 9.55 Å². The highest BCUT2D eigenvalue weighted by molar-refractivity contribution is 9.09. The van der Waals surface area contributed by atoms with E-state index in [2.05, 4.69) is 20.9 Å². The molecule has 5 heteroatoms. The SMILES string of the molecule is O=c1c2cc(F)ccc2nc2n1CCCC2Br. The van der Waals surface area contributed by atoms with E-state index in [9.17, 15) is 9.18 Å². The van der Waals surface area contributed by atoms with Crippen LogP contribution in [-0.4, -0.2) is 9.55 Å². The van der Waals surface area contributed by atoms with Crippen molar-refractivity contribution in [3.05, 3.63) is 40.2 Å². The Morgan fingerprint density at radius 2 is 2.29 bits per heavy atom. The number of nitrogens with zero attached hydrogens (tertiary/aromatic N) is 2. The molecule has 1 aromatic heterocycles. The summed E-state index contributed by atoms with van der Waals surface area (Å²) in [5.41, 5.74) is 0.419. The van der Waals surface area contributed by atoms with E-state index >= 15 is 0 Å². The van der Waals surface area contributed by atoms with Gasteiger partial charge in [0.25, 0.3) is 5.56 Å². The van der Waals surface area contributed by atoms with E-state index in [1.807, 2.05) is 0 Å². The second-order valence-corrected chi connectivity index (χ2v) is 5.30. The van der Waals surface area contributed by atoms with Gasteiger partial charge in [-0.1, -0.05) is 15.9 Å². The molecule has 2 heterocycles. The molecule has 1 unspecified atom stereocenters. The van der Waals surface area contributed by atoms with Crippen LogP contribution in [0.3, 0.4) is 0 Å². The zero-order valence-electron chi connectivity index (χ0n) is 8.99. The van der Waals surface area contributed by atoms with Gasteiger partial charge in [-0.15, -0.1) is 0 Å². The third-order valence-electron chi connectivity index (χ3n) is 3.07. The van der Waals surface area contributed by atoms with Crippen molar-refractivity contribution in [2.75, 3.05) is 0 Å². The number of hydrogen-bond acceptors (Lipinski definition) is 2. The summed E-state index contributed by atoms with van der Waals surface area (Å²) in [5, 5.41) is 0.357. The smallest absolute Gasteiger partial charge is 0.261 e. The summed E-state index contributed by atoms with van der Waals surface area (Å²) in [4.78, 5) is 16.8. The minimum atomic E-state index is -0.400. The molecule has 1 aliphatic rings. The van der Waals surface area contributed by atoms with Gasteiger partial charge >= 0.3 is 0 Å². The lowest BCUT2D eigenvalue weighted by Crippen LogP contribution is -2.29. The van der Waals surface area contributed by atoms with E-state index in [1.54, 1.807) is 10.6 Å². The maximum atomic E-state index is 13.1. The van der Waals surface area contributed by atoms with E-state index < -0.39 is 5.82 Å². The number of halogens is 2. The largest absolute Gasteiger partial charge is 0.295 e. The van der Waals surface area contributed by atoms with Gasteiger partial charge in [-0.25, -0.2) is 9.37 Å². The summed E-state index contributed by atoms with van der Waals surface area (Å²) in [6.45, 7) is 0.662. The first-order valence-electron chi connectivity index (χ1n) is 5.51. The Bertz CT molecular complexity index is 653. The van der Waals surface area contributed by atoms with Crippen LogP contribution in [0.15, 0.2) is 23.0 Å². The molecule has 0 saturated heterocycles. The zero-order chi connectivity index (χ0) is 12.0. The van der Waals surface area contributed by atoms with Gasteiger partial charge in [-0.05, 0) is 31.0 Å². The Hall–Kier alpha value is -1.23. The highest BCUT2D eigenvalue weighted by atomic mass is 79.9. The molecule has 0 N–H and O–H groups in total. The topological polar surface area (TPSA) is 34.9 Å². The third-order valence-corrected chi connectivity index (χ3v) is 3.93. The minimum absolute atomic E-state index is 0.110. The van der Waals surface area contributed by atoms with Gasteiger partial charge in [-0.3, -0.25) is 9.36 Å². The molecule has 0 bridgehead atoms. The molecule has 0 fully saturated rings. The highest BCUT2D eigenvalue weighted by Crippen LogP contribution is 2.30. The Morgan fingerprint density at radius 1 is 1.47 bits per heavy atom. The number of rotatable bonds is 0. The van der Waals surface area contributed by atoms with Crippen molar-refractivity contribution in [3.8, 4) is 0 Å². The van der Waals surface area contributed by atoms with Crippen molar-refractivity contribution in [3.63, 3.8) is 0 Å². The van der Waals surface area contributed by atoms with Crippen LogP contribution in [0.25, 0.3) is 10.9 Å². The van der Waals surface area contributed by atoms with Gasteiger partial charge < -0.3 is 0 Å². The predicted octanol–water partition coefficient (Wildman–Crippen LogP) is 2.77. The molecule has 0 amide bonds. The maximum Gasteiger partial charge on any atom is 0.261 e. The van der Waals surface area contributed by atoms with Crippen molar-refractivity contribution in [2.45, 2.75) is 24.2 Å². The van der Waals surface area contributed by atoms with Gasteiger partial charge in [0, 0.05) is 6.54 Å². The molecule has 17 heavy (non-hydrogen) atoms. The molecule has 0 radical (unpaired) electrons. The summed E-state index contributed by atoms with van der Waals surface area (Å²) in [7, 11) is 0. The minimum Gasteiger partial charge on any atom is -0.295 e. The summed E-state index contributed by atoms with van der Waals surface area (Å²) in [6.07, 6.45) is 1.91. The van der Waals surface area contributed by atoms with Crippen LogP contribution in [0.5, 0.6) is 0 Å². The van der Waals surface area contributed by atoms with Crippen LogP contribution in [0, 0.1) is 5.82 Å². The van der Waals surface area contributed by atoms with Crippen LogP contribution >= 0.6 is 15.9 Å². The fourth-order valence-corrected chi connectivity index (χ4v) is 2.90. The number of hydrogen-bond donors (Lipinski definition) is 0. The van der Waals surface area contributed by atoms with Gasteiger partial charge in [0.1, 0.15) is 11.6 Å². The first-order chi connectivity index (χ1) is 8.16. The average Bonchev–Trinajstić information content (AvgIpc) is 2.32. The Kier molecular flexibility index (Phi) is 2.50. The third kappa shape index (κ3) is 1.69. The highest BCUT2D eigenvalue weighted by Gasteiger charge is 2.21. The van der Waals surface area contributed by atoms with Crippen LogP contribution in [-0.2, 0) is 6.54 Å². The Balaban J connectivity index is 2.39. The van der Waals surface area contributed by atoms with E-state index in [4.69, 9.17) is 0 Å². The zero-order valence-corrected chi connectivity index (χ0v) is 10.6. The first kappa shape index (κ1) is 10.9. The Labute approximate surface area is 105 Å². The van der Waals surface area contributed by atoms with E-state index in [-0.39, 0.29) is 10.4 Å². The molecule has 1 atom stereocenters. The molecule has 3 nitrogen and oxygen atoms in total. The van der Waals surface area contributed by atoms with Gasteiger partial charge in [-0.2, -0.15) is 0 Å². The molecular weight excluding hydrogens is 287 g/mol.